The third kappa shape index (κ3) is 3.76. The molecule has 2 aromatic rings. The van der Waals surface area contributed by atoms with Crippen LogP contribution in [0.2, 0.25) is 0 Å². The molecule has 1 N–H and O–H groups in total. The molecule has 1 amide bonds. The van der Waals surface area contributed by atoms with Crippen LogP contribution < -0.4 is 5.32 Å². The van der Waals surface area contributed by atoms with Crippen molar-refractivity contribution >= 4 is 5.91 Å². The van der Waals surface area contributed by atoms with Gasteiger partial charge in [0.1, 0.15) is 0 Å². The van der Waals surface area contributed by atoms with E-state index in [9.17, 15) is 4.79 Å². The van der Waals surface area contributed by atoms with Crippen LogP contribution in [0.5, 0.6) is 0 Å². The van der Waals surface area contributed by atoms with Crippen molar-refractivity contribution in [3.05, 3.63) is 47.6 Å². The van der Waals surface area contributed by atoms with Crippen LogP contribution in [0.25, 0.3) is 0 Å². The van der Waals surface area contributed by atoms with Gasteiger partial charge in [-0.1, -0.05) is 35.5 Å². The first kappa shape index (κ1) is 18.2. The van der Waals surface area contributed by atoms with Crippen LogP contribution in [-0.2, 0) is 16.6 Å². The van der Waals surface area contributed by atoms with Crippen LogP contribution in [0, 0.1) is 12.8 Å². The average molecular weight is 368 g/mol. The molecule has 6 nitrogen and oxygen atoms in total. The lowest BCUT2D eigenvalue weighted by molar-refractivity contribution is -0.140. The topological polar surface area (TPSA) is 71.3 Å². The fraction of sp³-hybridized carbons (Fsp3) is 0.571. The molecule has 3 heterocycles. The molecule has 27 heavy (non-hydrogen) atoms. The standard InChI is InChI=1S/C21H28N4O2/c1-16-23-19(24-27-16)14-17-6-5-13-25(15-17)20(26)21(9-11-22-12-10-21)18-7-3-2-4-8-18/h2-4,7-8,17,22H,5-6,9-15H2,1H3/t17-/m0/s1. The highest BCUT2D eigenvalue weighted by Crippen LogP contribution is 2.36. The van der Waals surface area contributed by atoms with Gasteiger partial charge in [-0.2, -0.15) is 4.98 Å². The van der Waals surface area contributed by atoms with Crippen molar-refractivity contribution in [2.24, 2.45) is 5.92 Å². The van der Waals surface area contributed by atoms with Crippen LogP contribution >= 0.6 is 0 Å². The molecule has 2 aliphatic rings. The van der Waals surface area contributed by atoms with Crippen LogP contribution in [0.1, 0.15) is 43.0 Å². The van der Waals surface area contributed by atoms with E-state index >= 15 is 0 Å². The normalized spacial score (nSPS) is 22.6. The van der Waals surface area contributed by atoms with Crippen LogP contribution in [0.15, 0.2) is 34.9 Å². The Labute approximate surface area is 160 Å². The summed E-state index contributed by atoms with van der Waals surface area (Å²) in [6.07, 6.45) is 4.65. The molecule has 2 aliphatic heterocycles. The van der Waals surface area contributed by atoms with E-state index in [0.29, 0.717) is 17.7 Å². The van der Waals surface area contributed by atoms with E-state index < -0.39 is 5.41 Å². The second-order valence-corrected chi connectivity index (χ2v) is 7.89. The third-order valence-electron chi connectivity index (χ3n) is 6.04. The fourth-order valence-electron chi connectivity index (χ4n) is 4.64. The molecule has 144 valence electrons. The lowest BCUT2D eigenvalue weighted by atomic mass is 9.71. The number of carbonyl (C=O) groups excluding carboxylic acids is 1. The predicted molar refractivity (Wildman–Crippen MR) is 102 cm³/mol. The fourth-order valence-corrected chi connectivity index (χ4v) is 4.64. The number of hydrogen-bond acceptors (Lipinski definition) is 5. The number of likely N-dealkylation sites (tertiary alicyclic amines) is 1. The first-order chi connectivity index (χ1) is 13.2. The molecule has 4 rings (SSSR count). The molecule has 1 atom stereocenters. The van der Waals surface area contributed by atoms with E-state index in [2.05, 4.69) is 32.5 Å². The van der Waals surface area contributed by atoms with Crippen molar-refractivity contribution in [3.8, 4) is 0 Å². The highest BCUT2D eigenvalue weighted by atomic mass is 16.5. The molecule has 0 aliphatic carbocycles. The number of aromatic nitrogens is 2. The highest BCUT2D eigenvalue weighted by molar-refractivity contribution is 5.88. The number of carbonyl (C=O) groups is 1. The Balaban J connectivity index is 1.52. The number of piperidine rings is 2. The minimum Gasteiger partial charge on any atom is -0.342 e. The van der Waals surface area contributed by atoms with Gasteiger partial charge >= 0.3 is 0 Å². The first-order valence-corrected chi connectivity index (χ1v) is 10.0. The van der Waals surface area contributed by atoms with Crippen LogP contribution in [-0.4, -0.2) is 47.1 Å². The van der Waals surface area contributed by atoms with Crippen molar-refractivity contribution in [2.75, 3.05) is 26.2 Å². The molecule has 0 bridgehead atoms. The maximum atomic E-state index is 13.7. The van der Waals surface area contributed by atoms with E-state index in [4.69, 9.17) is 4.52 Å². The molecule has 1 aromatic carbocycles. The van der Waals surface area contributed by atoms with Gasteiger partial charge in [-0.15, -0.1) is 0 Å². The lowest BCUT2D eigenvalue weighted by Gasteiger charge is -2.43. The summed E-state index contributed by atoms with van der Waals surface area (Å²) in [7, 11) is 0. The second kappa shape index (κ2) is 7.80. The van der Waals surface area contributed by atoms with Crippen LogP contribution in [0.4, 0.5) is 0 Å². The molecule has 2 saturated heterocycles. The minimum absolute atomic E-state index is 0.296. The Morgan fingerprint density at radius 3 is 2.78 bits per heavy atom. The van der Waals surface area contributed by atoms with Crippen molar-refractivity contribution in [1.29, 1.82) is 0 Å². The van der Waals surface area contributed by atoms with Crippen molar-refractivity contribution < 1.29 is 9.32 Å². The van der Waals surface area contributed by atoms with Gasteiger partial charge < -0.3 is 14.7 Å². The quantitative estimate of drug-likeness (QED) is 0.898. The van der Waals surface area contributed by atoms with E-state index in [1.165, 1.54) is 0 Å². The number of benzene rings is 1. The van der Waals surface area contributed by atoms with Gasteiger partial charge in [0, 0.05) is 26.4 Å². The number of rotatable bonds is 4. The molecule has 0 unspecified atom stereocenters. The minimum atomic E-state index is -0.392. The van der Waals surface area contributed by atoms with Gasteiger partial charge in [0.05, 0.1) is 5.41 Å². The van der Waals surface area contributed by atoms with Gasteiger partial charge in [-0.05, 0) is 50.3 Å². The van der Waals surface area contributed by atoms with E-state index in [0.717, 1.165) is 69.7 Å². The molecule has 2 fully saturated rings. The summed E-state index contributed by atoms with van der Waals surface area (Å²) in [5.41, 5.74) is 0.768. The van der Waals surface area contributed by atoms with Crippen molar-refractivity contribution in [2.45, 2.75) is 44.4 Å². The van der Waals surface area contributed by atoms with Gasteiger partial charge in [0.15, 0.2) is 5.82 Å². The Hall–Kier alpha value is -2.21. The highest BCUT2D eigenvalue weighted by Gasteiger charge is 2.44. The summed E-state index contributed by atoms with van der Waals surface area (Å²) in [5.74, 6) is 2.05. The molecular formula is C21H28N4O2. The molecule has 0 radical (unpaired) electrons. The maximum absolute atomic E-state index is 13.7. The summed E-state index contributed by atoms with van der Waals surface area (Å²) in [6, 6.07) is 10.3. The Bertz CT molecular complexity index is 767. The van der Waals surface area contributed by atoms with Crippen molar-refractivity contribution in [3.63, 3.8) is 0 Å². The van der Waals surface area contributed by atoms with E-state index in [-0.39, 0.29) is 0 Å². The predicted octanol–water partition coefficient (Wildman–Crippen LogP) is 2.48. The molecule has 1 aromatic heterocycles. The van der Waals surface area contributed by atoms with Gasteiger partial charge in [-0.3, -0.25) is 4.79 Å². The maximum Gasteiger partial charge on any atom is 0.233 e. The number of nitrogens with one attached hydrogen (secondary N) is 1. The SMILES string of the molecule is Cc1nc(C[C@@H]2CCCN(C(=O)C3(c4ccccc4)CCNCC3)C2)no1. The Morgan fingerprint density at radius 1 is 1.30 bits per heavy atom. The Kier molecular flexibility index (Phi) is 5.25. The zero-order valence-electron chi connectivity index (χ0n) is 16.0. The van der Waals surface area contributed by atoms with Crippen molar-refractivity contribution in [1.82, 2.24) is 20.4 Å². The number of hydrogen-bond donors (Lipinski definition) is 1. The first-order valence-electron chi connectivity index (χ1n) is 10.0. The van der Waals surface area contributed by atoms with Gasteiger partial charge in [0.2, 0.25) is 11.8 Å². The third-order valence-corrected chi connectivity index (χ3v) is 6.04. The van der Waals surface area contributed by atoms with Gasteiger partial charge in [-0.25, -0.2) is 0 Å². The van der Waals surface area contributed by atoms with E-state index in [1.807, 2.05) is 25.1 Å². The number of amides is 1. The average Bonchev–Trinajstić information content (AvgIpc) is 3.13. The molecule has 6 heteroatoms. The lowest BCUT2D eigenvalue weighted by Crippen LogP contribution is -2.54. The molecular weight excluding hydrogens is 340 g/mol. The summed E-state index contributed by atoms with van der Waals surface area (Å²) >= 11 is 0. The summed E-state index contributed by atoms with van der Waals surface area (Å²) in [4.78, 5) is 20.2. The Morgan fingerprint density at radius 2 is 2.07 bits per heavy atom. The second-order valence-electron chi connectivity index (χ2n) is 7.89. The van der Waals surface area contributed by atoms with Crippen LogP contribution in [0.3, 0.4) is 0 Å². The monoisotopic (exact) mass is 368 g/mol. The van der Waals surface area contributed by atoms with Gasteiger partial charge in [0.25, 0.3) is 0 Å². The smallest absolute Gasteiger partial charge is 0.233 e. The summed E-state index contributed by atoms with van der Waals surface area (Å²) in [6.45, 7) is 5.23. The summed E-state index contributed by atoms with van der Waals surface area (Å²) < 4.78 is 5.10. The zero-order chi connectivity index (χ0) is 18.7. The molecule has 0 spiro atoms. The molecule has 0 saturated carbocycles. The number of aryl methyl sites for hydroxylation is 1. The van der Waals surface area contributed by atoms with E-state index in [1.54, 1.807) is 0 Å². The summed E-state index contributed by atoms with van der Waals surface area (Å²) in [5, 5.41) is 7.45. The number of nitrogens with zero attached hydrogens (tertiary/aromatic N) is 3. The zero-order valence-corrected chi connectivity index (χ0v) is 16.0. The largest absolute Gasteiger partial charge is 0.342 e.